The minimum absolute atomic E-state index is 0.146. The van der Waals surface area contributed by atoms with E-state index < -0.39 is 6.23 Å². The molecule has 2 aromatic carbocycles. The van der Waals surface area contributed by atoms with Crippen LogP contribution in [0.15, 0.2) is 36.4 Å². The molecule has 0 spiro atoms. The van der Waals surface area contributed by atoms with E-state index in [4.69, 9.17) is 17.3 Å². The number of hydrogen-bond donors (Lipinski definition) is 5. The van der Waals surface area contributed by atoms with Crippen LogP contribution in [0.4, 0.5) is 0 Å². The second kappa shape index (κ2) is 6.74. The van der Waals surface area contributed by atoms with Crippen molar-refractivity contribution in [1.29, 1.82) is 0 Å². The molecule has 0 radical (unpaired) electrons. The third-order valence-corrected chi connectivity index (χ3v) is 5.00. The van der Waals surface area contributed by atoms with Crippen LogP contribution in [0.3, 0.4) is 0 Å². The number of rotatable bonds is 4. The fourth-order valence-corrected chi connectivity index (χ4v) is 3.60. The van der Waals surface area contributed by atoms with E-state index in [1.165, 1.54) is 0 Å². The molecule has 1 amide bonds. The number of carbonyl (C=O) groups is 1. The fourth-order valence-electron chi connectivity index (χ4n) is 3.37. The molecule has 0 aliphatic carbocycles. The summed E-state index contributed by atoms with van der Waals surface area (Å²) in [6.45, 7) is 1.38. The molecular weight excluding hydrogens is 352 g/mol. The number of nitrogens with two attached hydrogens (primary N) is 1. The number of aliphatic hydroxyl groups is 1. The molecule has 4 rings (SSSR count). The van der Waals surface area contributed by atoms with Crippen molar-refractivity contribution >= 4 is 28.4 Å². The largest absolute Gasteiger partial charge is 0.374 e. The van der Waals surface area contributed by atoms with Crippen molar-refractivity contribution in [3.05, 3.63) is 58.1 Å². The number of aromatic nitrogens is 1. The fraction of sp³-hybridized carbons (Fsp3) is 0.211. The highest BCUT2D eigenvalue weighted by molar-refractivity contribution is 6.31. The molecule has 0 bridgehead atoms. The monoisotopic (exact) mass is 370 g/mol. The van der Waals surface area contributed by atoms with Gasteiger partial charge in [0, 0.05) is 57.9 Å². The van der Waals surface area contributed by atoms with Gasteiger partial charge in [0.1, 0.15) is 6.23 Å². The Kier molecular flexibility index (Phi) is 4.42. The normalized spacial score (nSPS) is 16.0. The number of benzene rings is 2. The van der Waals surface area contributed by atoms with Gasteiger partial charge in [0.2, 0.25) is 0 Å². The summed E-state index contributed by atoms with van der Waals surface area (Å²) in [6.07, 6.45) is -0.747. The maximum Gasteiger partial charge on any atom is 0.251 e. The second-order valence-electron chi connectivity index (χ2n) is 6.30. The molecule has 0 fully saturated rings. The number of carbonyl (C=O) groups excluding carboxylic acids is 1. The summed E-state index contributed by atoms with van der Waals surface area (Å²) in [6, 6.07) is 11.2. The summed E-state index contributed by atoms with van der Waals surface area (Å²) in [4.78, 5) is 15.5. The first kappa shape index (κ1) is 17.1. The third-order valence-electron chi connectivity index (χ3n) is 4.65. The van der Waals surface area contributed by atoms with Gasteiger partial charge in [-0.05, 0) is 35.9 Å². The van der Waals surface area contributed by atoms with Crippen molar-refractivity contribution in [2.24, 2.45) is 5.73 Å². The molecule has 1 aromatic heterocycles. The van der Waals surface area contributed by atoms with E-state index in [2.05, 4.69) is 15.6 Å². The van der Waals surface area contributed by atoms with Gasteiger partial charge < -0.3 is 21.1 Å². The minimum Gasteiger partial charge on any atom is -0.374 e. The Balaban J connectivity index is 1.75. The summed E-state index contributed by atoms with van der Waals surface area (Å²) in [5.74, 6) is -0.146. The smallest absolute Gasteiger partial charge is 0.251 e. The van der Waals surface area contributed by atoms with Gasteiger partial charge in [-0.3, -0.25) is 10.1 Å². The minimum atomic E-state index is -0.747. The van der Waals surface area contributed by atoms with Crippen LogP contribution in [0.2, 0.25) is 5.02 Å². The Morgan fingerprint density at radius 2 is 2.15 bits per heavy atom. The third kappa shape index (κ3) is 2.87. The van der Waals surface area contributed by atoms with Gasteiger partial charge in [0.15, 0.2) is 0 Å². The van der Waals surface area contributed by atoms with Gasteiger partial charge >= 0.3 is 0 Å². The standard InChI is InChI=1S/C19H19ClN4O2/c20-14-3-2-12(17-13(14)9-23-19(17)26)16-8-11-7-10(1-4-15(11)24-16)18(25)22-6-5-21/h1-4,7-8,19,23-24,26H,5-6,9,21H2,(H,22,25). The van der Waals surface area contributed by atoms with Crippen LogP contribution < -0.4 is 16.4 Å². The number of H-pyrrole nitrogens is 1. The number of amides is 1. The molecule has 134 valence electrons. The number of hydrogen-bond acceptors (Lipinski definition) is 4. The van der Waals surface area contributed by atoms with Crippen LogP contribution in [-0.4, -0.2) is 29.1 Å². The average molecular weight is 371 g/mol. The van der Waals surface area contributed by atoms with E-state index in [1.807, 2.05) is 30.3 Å². The average Bonchev–Trinajstić information content (AvgIpc) is 3.24. The summed E-state index contributed by atoms with van der Waals surface area (Å²) in [7, 11) is 0. The second-order valence-corrected chi connectivity index (χ2v) is 6.71. The zero-order valence-corrected chi connectivity index (χ0v) is 14.7. The zero-order valence-electron chi connectivity index (χ0n) is 14.0. The highest BCUT2D eigenvalue weighted by Gasteiger charge is 2.26. The lowest BCUT2D eigenvalue weighted by atomic mass is 10.00. The van der Waals surface area contributed by atoms with Gasteiger partial charge in [-0.2, -0.15) is 0 Å². The molecule has 1 aliphatic heterocycles. The lowest BCUT2D eigenvalue weighted by molar-refractivity contribution is 0.0955. The Hall–Kier alpha value is -2.38. The van der Waals surface area contributed by atoms with Crippen LogP contribution >= 0.6 is 11.6 Å². The molecular formula is C19H19ClN4O2. The van der Waals surface area contributed by atoms with E-state index in [9.17, 15) is 9.90 Å². The highest BCUT2D eigenvalue weighted by Crippen LogP contribution is 2.38. The molecule has 2 heterocycles. The van der Waals surface area contributed by atoms with Crippen LogP contribution in [0.1, 0.15) is 27.7 Å². The summed E-state index contributed by atoms with van der Waals surface area (Å²) < 4.78 is 0. The molecule has 1 aliphatic rings. The molecule has 1 unspecified atom stereocenters. The van der Waals surface area contributed by atoms with Crippen molar-refractivity contribution in [2.75, 3.05) is 13.1 Å². The highest BCUT2D eigenvalue weighted by atomic mass is 35.5. The Morgan fingerprint density at radius 3 is 2.96 bits per heavy atom. The molecule has 0 saturated carbocycles. The van der Waals surface area contributed by atoms with Crippen molar-refractivity contribution < 1.29 is 9.90 Å². The predicted molar refractivity (Wildman–Crippen MR) is 102 cm³/mol. The molecule has 0 saturated heterocycles. The maximum atomic E-state index is 12.1. The SMILES string of the molecule is NCCNC(=O)c1ccc2[nH]c(-c3ccc(Cl)c4c3C(O)NC4)cc2c1. The summed E-state index contributed by atoms with van der Waals surface area (Å²) >= 11 is 6.26. The molecule has 3 aromatic rings. The number of halogens is 1. The molecule has 7 heteroatoms. The van der Waals surface area contributed by atoms with Gasteiger partial charge in [0.05, 0.1) is 0 Å². The quantitative estimate of drug-likeness (QED) is 0.486. The van der Waals surface area contributed by atoms with Crippen LogP contribution in [0, 0.1) is 0 Å². The lowest BCUT2D eigenvalue weighted by Gasteiger charge is -2.11. The van der Waals surface area contributed by atoms with Crippen LogP contribution in [-0.2, 0) is 6.54 Å². The van der Waals surface area contributed by atoms with Gasteiger partial charge in [0.25, 0.3) is 5.91 Å². The Morgan fingerprint density at radius 1 is 1.31 bits per heavy atom. The van der Waals surface area contributed by atoms with Crippen LogP contribution in [0.5, 0.6) is 0 Å². The van der Waals surface area contributed by atoms with Gasteiger partial charge in [-0.15, -0.1) is 0 Å². The summed E-state index contributed by atoms with van der Waals surface area (Å²) in [5, 5.41) is 17.6. The van der Waals surface area contributed by atoms with Crippen molar-refractivity contribution in [1.82, 2.24) is 15.6 Å². The number of aliphatic hydroxyl groups excluding tert-OH is 1. The molecule has 1 atom stereocenters. The topological polar surface area (TPSA) is 103 Å². The Bertz CT molecular complexity index is 999. The van der Waals surface area contributed by atoms with Gasteiger partial charge in [-0.25, -0.2) is 0 Å². The van der Waals surface area contributed by atoms with Gasteiger partial charge in [-0.1, -0.05) is 17.7 Å². The maximum absolute atomic E-state index is 12.1. The van der Waals surface area contributed by atoms with Crippen molar-refractivity contribution in [3.8, 4) is 11.3 Å². The van der Waals surface area contributed by atoms with E-state index in [-0.39, 0.29) is 5.91 Å². The van der Waals surface area contributed by atoms with E-state index >= 15 is 0 Å². The van der Waals surface area contributed by atoms with Crippen molar-refractivity contribution in [2.45, 2.75) is 12.8 Å². The van der Waals surface area contributed by atoms with E-state index in [0.29, 0.717) is 30.2 Å². The first-order valence-corrected chi connectivity index (χ1v) is 8.80. The Labute approximate surface area is 155 Å². The first-order chi connectivity index (χ1) is 12.6. The molecule has 6 N–H and O–H groups in total. The van der Waals surface area contributed by atoms with E-state index in [0.717, 1.165) is 33.3 Å². The molecule has 6 nitrogen and oxygen atoms in total. The van der Waals surface area contributed by atoms with Crippen molar-refractivity contribution in [3.63, 3.8) is 0 Å². The zero-order chi connectivity index (χ0) is 18.3. The molecule has 26 heavy (non-hydrogen) atoms. The van der Waals surface area contributed by atoms with E-state index in [1.54, 1.807) is 6.07 Å². The number of nitrogens with one attached hydrogen (secondary N) is 3. The summed E-state index contributed by atoms with van der Waals surface area (Å²) in [5.41, 5.74) is 10.4. The van der Waals surface area contributed by atoms with Crippen LogP contribution in [0.25, 0.3) is 22.2 Å². The first-order valence-electron chi connectivity index (χ1n) is 8.42. The number of aromatic amines is 1. The lowest BCUT2D eigenvalue weighted by Crippen LogP contribution is -2.28. The predicted octanol–water partition coefficient (Wildman–Crippen LogP) is 2.27. The number of fused-ring (bicyclic) bond motifs is 2.